The van der Waals surface area contributed by atoms with Gasteiger partial charge in [-0.05, 0) is 19.1 Å². The second kappa shape index (κ2) is 5.63. The minimum Gasteiger partial charge on any atom is -0.368 e. The Balaban J connectivity index is 3.09. The summed E-state index contributed by atoms with van der Waals surface area (Å²) in [6, 6.07) is 5.18. The molecule has 18 heavy (non-hydrogen) atoms. The molecule has 0 saturated heterocycles. The molecule has 94 valence electrons. The molecule has 1 unspecified atom stereocenters. The van der Waals surface area contributed by atoms with Gasteiger partial charge in [0.15, 0.2) is 0 Å². The average Bonchev–Trinajstić information content (AvgIpc) is 2.37. The van der Waals surface area contributed by atoms with E-state index in [1.54, 1.807) is 6.92 Å². The molecule has 2 N–H and O–H groups in total. The van der Waals surface area contributed by atoms with Crippen LogP contribution in [0.3, 0.4) is 0 Å². The first-order chi connectivity index (χ1) is 8.49. The standard InChI is InChI=1S/C11H12N4O3/c1-7(11(16)13-2)14-9-5-8(6-12)3-4-10(9)15(17)18/h3-5,7,14H,1-2H3,(H,13,16). The fraction of sp³-hybridized carbons (Fsp3) is 0.273. The summed E-state index contributed by atoms with van der Waals surface area (Å²) < 4.78 is 0. The molecule has 0 aliphatic heterocycles. The topological polar surface area (TPSA) is 108 Å². The van der Waals surface area contributed by atoms with Gasteiger partial charge in [-0.2, -0.15) is 5.26 Å². The lowest BCUT2D eigenvalue weighted by molar-refractivity contribution is -0.384. The molecule has 7 heteroatoms. The number of hydrogen-bond donors (Lipinski definition) is 2. The van der Waals surface area contributed by atoms with Crippen LogP contribution in [0, 0.1) is 21.4 Å². The minimum absolute atomic E-state index is 0.148. The molecule has 0 radical (unpaired) electrons. The van der Waals surface area contributed by atoms with E-state index in [0.29, 0.717) is 0 Å². The number of anilines is 1. The number of benzene rings is 1. The van der Waals surface area contributed by atoms with Crippen LogP contribution in [0.2, 0.25) is 0 Å². The Labute approximate surface area is 104 Å². The summed E-state index contributed by atoms with van der Waals surface area (Å²) in [4.78, 5) is 21.6. The van der Waals surface area contributed by atoms with Crippen molar-refractivity contribution < 1.29 is 9.72 Å². The Morgan fingerprint density at radius 2 is 2.22 bits per heavy atom. The molecular formula is C11H12N4O3. The van der Waals surface area contributed by atoms with Crippen molar-refractivity contribution in [2.24, 2.45) is 0 Å². The number of carbonyl (C=O) groups excluding carboxylic acids is 1. The zero-order valence-electron chi connectivity index (χ0n) is 9.93. The first-order valence-corrected chi connectivity index (χ1v) is 5.16. The highest BCUT2D eigenvalue weighted by Crippen LogP contribution is 2.25. The maximum atomic E-state index is 11.3. The van der Waals surface area contributed by atoms with Crippen molar-refractivity contribution in [1.29, 1.82) is 5.26 Å². The largest absolute Gasteiger partial charge is 0.368 e. The van der Waals surface area contributed by atoms with Crippen LogP contribution in [0.1, 0.15) is 12.5 Å². The second-order valence-corrected chi connectivity index (χ2v) is 3.58. The molecule has 1 atom stereocenters. The molecule has 0 saturated carbocycles. The van der Waals surface area contributed by atoms with Gasteiger partial charge in [0.2, 0.25) is 5.91 Å². The quantitative estimate of drug-likeness (QED) is 0.610. The lowest BCUT2D eigenvalue weighted by atomic mass is 10.1. The van der Waals surface area contributed by atoms with Crippen molar-refractivity contribution in [2.45, 2.75) is 13.0 Å². The Kier molecular flexibility index (Phi) is 4.21. The van der Waals surface area contributed by atoms with Gasteiger partial charge in [-0.3, -0.25) is 14.9 Å². The van der Waals surface area contributed by atoms with Crippen molar-refractivity contribution in [2.75, 3.05) is 12.4 Å². The van der Waals surface area contributed by atoms with Crippen LogP contribution in [0.25, 0.3) is 0 Å². The Bertz CT molecular complexity index is 522. The summed E-state index contributed by atoms with van der Waals surface area (Å²) in [6.07, 6.45) is 0. The van der Waals surface area contributed by atoms with E-state index in [4.69, 9.17) is 5.26 Å². The number of rotatable bonds is 4. The molecule has 0 aromatic heterocycles. The van der Waals surface area contributed by atoms with Crippen molar-refractivity contribution in [3.05, 3.63) is 33.9 Å². The van der Waals surface area contributed by atoms with Crippen LogP contribution in [0.15, 0.2) is 18.2 Å². The molecule has 7 nitrogen and oxygen atoms in total. The van der Waals surface area contributed by atoms with Crippen LogP contribution in [-0.2, 0) is 4.79 Å². The Hall–Kier alpha value is -2.62. The first kappa shape index (κ1) is 13.4. The van der Waals surface area contributed by atoms with Crippen LogP contribution in [0.4, 0.5) is 11.4 Å². The monoisotopic (exact) mass is 248 g/mol. The Morgan fingerprint density at radius 3 is 2.72 bits per heavy atom. The number of hydrogen-bond acceptors (Lipinski definition) is 5. The fourth-order valence-corrected chi connectivity index (χ4v) is 1.40. The van der Waals surface area contributed by atoms with Gasteiger partial charge < -0.3 is 10.6 Å². The molecule has 0 fully saturated rings. The molecule has 0 spiro atoms. The van der Waals surface area contributed by atoms with Gasteiger partial charge in [-0.1, -0.05) is 0 Å². The maximum absolute atomic E-state index is 11.3. The number of nitrogens with zero attached hydrogens (tertiary/aromatic N) is 2. The van der Waals surface area contributed by atoms with Gasteiger partial charge in [-0.15, -0.1) is 0 Å². The molecule has 1 rings (SSSR count). The number of nitro benzene ring substituents is 1. The van der Waals surface area contributed by atoms with E-state index in [0.717, 1.165) is 0 Å². The lowest BCUT2D eigenvalue weighted by Gasteiger charge is -2.13. The molecule has 1 amide bonds. The number of nitro groups is 1. The van der Waals surface area contributed by atoms with Gasteiger partial charge in [0.1, 0.15) is 11.7 Å². The molecule has 1 aromatic rings. The summed E-state index contributed by atoms with van der Waals surface area (Å²) in [5, 5.41) is 24.7. The van der Waals surface area contributed by atoms with Gasteiger partial charge in [-0.25, -0.2) is 0 Å². The van der Waals surface area contributed by atoms with Gasteiger partial charge in [0.25, 0.3) is 5.69 Å². The molecule has 0 aliphatic rings. The van der Waals surface area contributed by atoms with Crippen LogP contribution in [0.5, 0.6) is 0 Å². The van der Waals surface area contributed by atoms with E-state index in [9.17, 15) is 14.9 Å². The highest BCUT2D eigenvalue weighted by molar-refractivity contribution is 5.84. The van der Waals surface area contributed by atoms with E-state index in [1.165, 1.54) is 25.2 Å². The fourth-order valence-electron chi connectivity index (χ4n) is 1.40. The van der Waals surface area contributed by atoms with Gasteiger partial charge in [0, 0.05) is 13.1 Å². The van der Waals surface area contributed by atoms with Gasteiger partial charge >= 0.3 is 0 Å². The van der Waals surface area contributed by atoms with Crippen LogP contribution >= 0.6 is 0 Å². The lowest BCUT2D eigenvalue weighted by Crippen LogP contribution is -2.35. The first-order valence-electron chi connectivity index (χ1n) is 5.16. The summed E-state index contributed by atoms with van der Waals surface area (Å²) >= 11 is 0. The predicted octanol–water partition coefficient (Wildman–Crippen LogP) is 1.01. The maximum Gasteiger partial charge on any atom is 0.292 e. The number of nitrogens with one attached hydrogen (secondary N) is 2. The predicted molar refractivity (Wildman–Crippen MR) is 65.0 cm³/mol. The van der Waals surface area contributed by atoms with E-state index >= 15 is 0 Å². The van der Waals surface area contributed by atoms with E-state index < -0.39 is 11.0 Å². The van der Waals surface area contributed by atoms with Crippen LogP contribution < -0.4 is 10.6 Å². The summed E-state index contributed by atoms with van der Waals surface area (Å²) in [5.74, 6) is -0.299. The zero-order valence-corrected chi connectivity index (χ0v) is 9.93. The summed E-state index contributed by atoms with van der Waals surface area (Å²) in [5.41, 5.74) is 0.257. The molecule has 0 heterocycles. The smallest absolute Gasteiger partial charge is 0.292 e. The van der Waals surface area contributed by atoms with E-state index in [-0.39, 0.29) is 22.8 Å². The molecule has 1 aromatic carbocycles. The third-order valence-electron chi connectivity index (χ3n) is 2.33. The minimum atomic E-state index is -0.636. The van der Waals surface area contributed by atoms with Crippen molar-refractivity contribution in [3.63, 3.8) is 0 Å². The number of likely N-dealkylation sites (N-methyl/N-ethyl adjacent to an activating group) is 1. The normalized spacial score (nSPS) is 11.2. The number of nitriles is 1. The molecule has 0 bridgehead atoms. The Morgan fingerprint density at radius 1 is 1.56 bits per heavy atom. The van der Waals surface area contributed by atoms with E-state index in [1.807, 2.05) is 6.07 Å². The summed E-state index contributed by atoms with van der Waals surface area (Å²) in [6.45, 7) is 1.57. The zero-order chi connectivity index (χ0) is 13.7. The average molecular weight is 248 g/mol. The third kappa shape index (κ3) is 2.95. The van der Waals surface area contributed by atoms with Crippen molar-refractivity contribution in [3.8, 4) is 6.07 Å². The number of carbonyl (C=O) groups is 1. The van der Waals surface area contributed by atoms with Crippen molar-refractivity contribution >= 4 is 17.3 Å². The highest BCUT2D eigenvalue weighted by Gasteiger charge is 2.18. The second-order valence-electron chi connectivity index (χ2n) is 3.58. The van der Waals surface area contributed by atoms with Gasteiger partial charge in [0.05, 0.1) is 16.6 Å². The van der Waals surface area contributed by atoms with Crippen molar-refractivity contribution in [1.82, 2.24) is 5.32 Å². The third-order valence-corrected chi connectivity index (χ3v) is 2.33. The van der Waals surface area contributed by atoms with Crippen LogP contribution in [-0.4, -0.2) is 23.9 Å². The molecular weight excluding hydrogens is 236 g/mol. The SMILES string of the molecule is CNC(=O)C(C)Nc1cc(C#N)ccc1[N+](=O)[O-]. The highest BCUT2D eigenvalue weighted by atomic mass is 16.6. The number of amides is 1. The summed E-state index contributed by atoms with van der Waals surface area (Å²) in [7, 11) is 1.47. The van der Waals surface area contributed by atoms with E-state index in [2.05, 4.69) is 10.6 Å². The molecule has 0 aliphatic carbocycles.